The lowest BCUT2D eigenvalue weighted by molar-refractivity contribution is -0.134. The second-order valence-electron chi connectivity index (χ2n) is 5.62. The fourth-order valence-corrected chi connectivity index (χ4v) is 2.74. The van der Waals surface area contributed by atoms with Crippen molar-refractivity contribution in [2.75, 3.05) is 6.54 Å². The lowest BCUT2D eigenvalue weighted by Gasteiger charge is -2.29. The molecule has 100 valence electrons. The van der Waals surface area contributed by atoms with Crippen LogP contribution in [0.15, 0.2) is 24.3 Å². The molecule has 0 heterocycles. The third-order valence-corrected chi connectivity index (χ3v) is 3.55. The topological polar surface area (TPSA) is 12.0 Å². The largest absolute Gasteiger partial charge is 0.390 e. The Hall–Kier alpha value is -1.03. The lowest BCUT2D eigenvalue weighted by atomic mass is 9.85. The summed E-state index contributed by atoms with van der Waals surface area (Å²) in [4.78, 5) is 0. The standard InChI is InChI=1S/C14H18F3N/c1-13(2)9-10-5-3-4-6-11(10)12(13)18-8-7-14(15,16)17/h3-6,12,18H,7-9H2,1-2H3. The quantitative estimate of drug-likeness (QED) is 0.867. The van der Waals surface area contributed by atoms with E-state index < -0.39 is 12.6 Å². The number of hydrogen-bond donors (Lipinski definition) is 1. The number of fused-ring (bicyclic) bond motifs is 1. The smallest absolute Gasteiger partial charge is 0.309 e. The summed E-state index contributed by atoms with van der Waals surface area (Å²) in [5.41, 5.74) is 2.35. The van der Waals surface area contributed by atoms with E-state index in [1.807, 2.05) is 18.2 Å². The van der Waals surface area contributed by atoms with Gasteiger partial charge in [0.15, 0.2) is 0 Å². The van der Waals surface area contributed by atoms with Crippen molar-refractivity contribution in [3.05, 3.63) is 35.4 Å². The Bertz CT molecular complexity index is 423. The van der Waals surface area contributed by atoms with E-state index in [0.717, 1.165) is 12.0 Å². The first kappa shape index (κ1) is 13.4. The van der Waals surface area contributed by atoms with E-state index in [0.29, 0.717) is 0 Å². The van der Waals surface area contributed by atoms with Gasteiger partial charge in [0, 0.05) is 12.6 Å². The van der Waals surface area contributed by atoms with E-state index in [1.165, 1.54) is 5.56 Å². The summed E-state index contributed by atoms with van der Waals surface area (Å²) in [5, 5.41) is 3.06. The highest BCUT2D eigenvalue weighted by molar-refractivity contribution is 5.37. The first-order valence-electron chi connectivity index (χ1n) is 6.17. The molecule has 1 nitrogen and oxygen atoms in total. The van der Waals surface area contributed by atoms with Crippen molar-refractivity contribution in [2.45, 2.75) is 38.9 Å². The minimum Gasteiger partial charge on any atom is -0.309 e. The molecule has 1 aromatic carbocycles. The van der Waals surface area contributed by atoms with Gasteiger partial charge in [0.05, 0.1) is 6.42 Å². The van der Waals surface area contributed by atoms with Crippen LogP contribution in [0.3, 0.4) is 0 Å². The van der Waals surface area contributed by atoms with E-state index in [9.17, 15) is 13.2 Å². The van der Waals surface area contributed by atoms with Gasteiger partial charge in [0.1, 0.15) is 0 Å². The van der Waals surface area contributed by atoms with E-state index >= 15 is 0 Å². The zero-order chi connectivity index (χ0) is 13.4. The highest BCUT2D eigenvalue weighted by Crippen LogP contribution is 2.44. The zero-order valence-electron chi connectivity index (χ0n) is 10.6. The summed E-state index contributed by atoms with van der Waals surface area (Å²) >= 11 is 0. The molecule has 1 unspecified atom stereocenters. The van der Waals surface area contributed by atoms with Gasteiger partial charge in [0.2, 0.25) is 0 Å². The lowest BCUT2D eigenvalue weighted by Crippen LogP contribution is -2.33. The SMILES string of the molecule is CC1(C)Cc2ccccc2C1NCCC(F)(F)F. The molecule has 1 aliphatic carbocycles. The molecule has 18 heavy (non-hydrogen) atoms. The summed E-state index contributed by atoms with van der Waals surface area (Å²) in [6.07, 6.45) is -3.95. The van der Waals surface area contributed by atoms with Crippen LogP contribution < -0.4 is 5.32 Å². The number of hydrogen-bond acceptors (Lipinski definition) is 1. The second-order valence-corrected chi connectivity index (χ2v) is 5.62. The molecule has 0 radical (unpaired) electrons. The first-order chi connectivity index (χ1) is 8.30. The van der Waals surface area contributed by atoms with E-state index in [-0.39, 0.29) is 18.0 Å². The highest BCUT2D eigenvalue weighted by Gasteiger charge is 2.38. The van der Waals surface area contributed by atoms with Gasteiger partial charge in [-0.15, -0.1) is 0 Å². The van der Waals surface area contributed by atoms with Crippen LogP contribution in [0.1, 0.15) is 37.4 Å². The number of rotatable bonds is 3. The van der Waals surface area contributed by atoms with Crippen LogP contribution >= 0.6 is 0 Å². The van der Waals surface area contributed by atoms with Crippen LogP contribution in [0.25, 0.3) is 0 Å². The Morgan fingerprint density at radius 3 is 2.61 bits per heavy atom. The maximum atomic E-state index is 12.2. The normalized spacial score (nSPS) is 21.9. The fourth-order valence-electron chi connectivity index (χ4n) is 2.74. The van der Waals surface area contributed by atoms with Crippen molar-refractivity contribution < 1.29 is 13.2 Å². The maximum Gasteiger partial charge on any atom is 0.390 e. The number of benzene rings is 1. The van der Waals surface area contributed by atoms with Crippen LogP contribution in [0, 0.1) is 5.41 Å². The summed E-state index contributed by atoms with van der Waals surface area (Å²) in [6.45, 7) is 4.17. The van der Waals surface area contributed by atoms with E-state index in [1.54, 1.807) is 0 Å². The van der Waals surface area contributed by atoms with Crippen LogP contribution in [-0.2, 0) is 6.42 Å². The van der Waals surface area contributed by atoms with Crippen molar-refractivity contribution >= 4 is 0 Å². The molecule has 0 bridgehead atoms. The van der Waals surface area contributed by atoms with Gasteiger partial charge in [0.25, 0.3) is 0 Å². The molecule has 4 heteroatoms. The molecule has 0 aromatic heterocycles. The second kappa shape index (κ2) is 4.57. The van der Waals surface area contributed by atoms with Crippen molar-refractivity contribution in [1.82, 2.24) is 5.32 Å². The minimum absolute atomic E-state index is 0.0102. The number of nitrogens with one attached hydrogen (secondary N) is 1. The van der Waals surface area contributed by atoms with Gasteiger partial charge in [-0.3, -0.25) is 0 Å². The van der Waals surface area contributed by atoms with Crippen molar-refractivity contribution in [3.8, 4) is 0 Å². The van der Waals surface area contributed by atoms with Crippen molar-refractivity contribution in [2.24, 2.45) is 5.41 Å². The van der Waals surface area contributed by atoms with E-state index in [2.05, 4.69) is 25.2 Å². The number of alkyl halides is 3. The molecule has 0 amide bonds. The monoisotopic (exact) mass is 257 g/mol. The summed E-state index contributed by atoms with van der Waals surface area (Å²) < 4.78 is 36.5. The summed E-state index contributed by atoms with van der Waals surface area (Å²) in [6, 6.07) is 8.00. The number of halogens is 3. The molecule has 0 saturated carbocycles. The molecule has 0 aliphatic heterocycles. The van der Waals surface area contributed by atoms with Gasteiger partial charge in [-0.25, -0.2) is 0 Å². The summed E-state index contributed by atoms with van der Waals surface area (Å²) in [7, 11) is 0. The van der Waals surface area contributed by atoms with Crippen molar-refractivity contribution in [3.63, 3.8) is 0 Å². The molecule has 0 spiro atoms. The molecule has 1 aromatic rings. The molecule has 2 rings (SSSR count). The molecule has 0 fully saturated rings. The first-order valence-corrected chi connectivity index (χ1v) is 6.17. The van der Waals surface area contributed by atoms with Crippen LogP contribution in [0.4, 0.5) is 13.2 Å². The van der Waals surface area contributed by atoms with Gasteiger partial charge in [-0.05, 0) is 23.0 Å². The highest BCUT2D eigenvalue weighted by atomic mass is 19.4. The van der Waals surface area contributed by atoms with E-state index in [4.69, 9.17) is 0 Å². The average molecular weight is 257 g/mol. The maximum absolute atomic E-state index is 12.2. The van der Waals surface area contributed by atoms with Gasteiger partial charge in [-0.2, -0.15) is 13.2 Å². The predicted octanol–water partition coefficient (Wildman–Crippen LogP) is 3.85. The Kier molecular flexibility index (Phi) is 3.41. The van der Waals surface area contributed by atoms with Crippen LogP contribution in [0.5, 0.6) is 0 Å². The Morgan fingerprint density at radius 1 is 1.28 bits per heavy atom. The Balaban J connectivity index is 2.07. The molecular formula is C14H18F3N. The predicted molar refractivity (Wildman–Crippen MR) is 65.3 cm³/mol. The average Bonchev–Trinajstić information content (AvgIpc) is 2.48. The van der Waals surface area contributed by atoms with Crippen LogP contribution in [0.2, 0.25) is 0 Å². The molecular weight excluding hydrogens is 239 g/mol. The Morgan fingerprint density at radius 2 is 1.94 bits per heavy atom. The molecule has 1 atom stereocenters. The van der Waals surface area contributed by atoms with Gasteiger partial charge >= 0.3 is 6.18 Å². The fraction of sp³-hybridized carbons (Fsp3) is 0.571. The van der Waals surface area contributed by atoms with Crippen molar-refractivity contribution in [1.29, 1.82) is 0 Å². The zero-order valence-corrected chi connectivity index (χ0v) is 10.6. The molecule has 1 aliphatic rings. The molecule has 0 saturated heterocycles. The third-order valence-electron chi connectivity index (χ3n) is 3.55. The molecule has 1 N–H and O–H groups in total. The Labute approximate surface area is 105 Å². The van der Waals surface area contributed by atoms with Gasteiger partial charge in [-0.1, -0.05) is 38.1 Å². The van der Waals surface area contributed by atoms with Crippen LogP contribution in [-0.4, -0.2) is 12.7 Å². The third kappa shape index (κ3) is 2.86. The van der Waals surface area contributed by atoms with Gasteiger partial charge < -0.3 is 5.32 Å². The summed E-state index contributed by atoms with van der Waals surface area (Å²) in [5.74, 6) is 0. The minimum atomic E-state index is -4.09.